The Kier molecular flexibility index (Phi) is 28.9. The van der Waals surface area contributed by atoms with Gasteiger partial charge in [-0.25, -0.2) is 0 Å². The Morgan fingerprint density at radius 1 is 0.474 bits per heavy atom. The summed E-state index contributed by atoms with van der Waals surface area (Å²) in [5.41, 5.74) is 0. The van der Waals surface area contributed by atoms with Crippen molar-refractivity contribution in [3.63, 3.8) is 0 Å². The molecule has 0 spiro atoms. The zero-order valence-electron chi connectivity index (χ0n) is 44.1. The number of aliphatic hydroxyl groups excluding tert-OH is 6. The fourth-order valence-corrected chi connectivity index (χ4v) is 9.44. The van der Waals surface area contributed by atoms with Crippen LogP contribution in [0.2, 0.25) is 0 Å². The summed E-state index contributed by atoms with van der Waals surface area (Å²) < 4.78 is 41.6. The number of hydrogen-bond donors (Lipinski definition) is 7. The SMILES string of the molecule is CCCCCCCCCCCCCCCC(=O)NC1C(OC2C(CN=O)OC(OC3C(CN=O)OC(OC4C(CO)OC(O)C(N=NC(C)=O)C4O)C(N=NC(C)=O)C3N=O)C(N=NC(C)=O)C2O)OC(CN=O)C(O)C1O. The number of amides is 4. The van der Waals surface area contributed by atoms with E-state index in [4.69, 9.17) is 33.2 Å². The normalized spacial score (nSPS) is 35.4. The third kappa shape index (κ3) is 19.5. The predicted octanol–water partition coefficient (Wildman–Crippen LogP) is 1.97. The van der Waals surface area contributed by atoms with Crippen LogP contribution in [0, 0.1) is 19.6 Å². The maximum absolute atomic E-state index is 13.4. The molecule has 0 radical (unpaired) electrons. The van der Waals surface area contributed by atoms with E-state index >= 15 is 0 Å². The molecule has 4 heterocycles. The summed E-state index contributed by atoms with van der Waals surface area (Å²) >= 11 is 0. The van der Waals surface area contributed by atoms with Gasteiger partial charge in [0.25, 0.3) is 17.7 Å². The maximum atomic E-state index is 13.4. The van der Waals surface area contributed by atoms with Gasteiger partial charge < -0.3 is 69.1 Å². The fourth-order valence-electron chi connectivity index (χ4n) is 9.44. The third-order valence-electron chi connectivity index (χ3n) is 13.4. The lowest BCUT2D eigenvalue weighted by atomic mass is 9.92. The summed E-state index contributed by atoms with van der Waals surface area (Å²) in [6, 6.07) is -9.05. The van der Waals surface area contributed by atoms with E-state index in [1.54, 1.807) is 0 Å². The van der Waals surface area contributed by atoms with Crippen LogP contribution in [-0.2, 0) is 52.3 Å². The largest absolute Gasteiger partial charge is 0.394 e. The summed E-state index contributed by atoms with van der Waals surface area (Å²) in [6.07, 6.45) is -13.6. The van der Waals surface area contributed by atoms with Crippen molar-refractivity contribution in [2.24, 2.45) is 51.4 Å². The van der Waals surface area contributed by atoms with E-state index in [1.807, 2.05) is 0 Å². The van der Waals surface area contributed by atoms with Crippen LogP contribution in [0.5, 0.6) is 0 Å². The van der Waals surface area contributed by atoms with E-state index < -0.39 is 172 Å². The number of carbonyl (C=O) groups is 4. The molecule has 4 rings (SSSR count). The van der Waals surface area contributed by atoms with E-state index in [0.29, 0.717) is 6.42 Å². The van der Waals surface area contributed by atoms with Gasteiger partial charge in [-0.3, -0.25) is 19.2 Å². The van der Waals surface area contributed by atoms with Crippen LogP contribution in [0.1, 0.15) is 118 Å². The molecule has 4 aliphatic heterocycles. The molecule has 78 heavy (non-hydrogen) atoms. The molecule has 20 atom stereocenters. The van der Waals surface area contributed by atoms with Crippen molar-refractivity contribution in [1.29, 1.82) is 0 Å². The zero-order valence-corrected chi connectivity index (χ0v) is 44.1. The van der Waals surface area contributed by atoms with Gasteiger partial charge in [0, 0.05) is 27.2 Å². The first-order valence-corrected chi connectivity index (χ1v) is 26.3. The molecule has 32 heteroatoms. The molecule has 32 nitrogen and oxygen atoms in total. The lowest BCUT2D eigenvalue weighted by Gasteiger charge is -2.49. The summed E-state index contributed by atoms with van der Waals surface area (Å²) in [6.45, 7) is 1.76. The van der Waals surface area contributed by atoms with Crippen LogP contribution < -0.4 is 5.32 Å². The second-order valence-electron chi connectivity index (χ2n) is 19.4. The summed E-state index contributed by atoms with van der Waals surface area (Å²) in [5, 5.41) is 102. The van der Waals surface area contributed by atoms with Gasteiger partial charge in [-0.2, -0.15) is 35.0 Å². The number of azo groups is 3. The molecule has 0 aromatic rings. The van der Waals surface area contributed by atoms with Crippen molar-refractivity contribution in [3.8, 4) is 0 Å². The average Bonchev–Trinajstić information content (AvgIpc) is 3.45. The van der Waals surface area contributed by atoms with E-state index in [9.17, 15) is 69.4 Å². The predicted molar refractivity (Wildman–Crippen MR) is 264 cm³/mol. The Morgan fingerprint density at radius 3 is 1.41 bits per heavy atom. The Hall–Kier alpha value is -4.84. The van der Waals surface area contributed by atoms with Gasteiger partial charge in [-0.1, -0.05) is 105 Å². The molecule has 440 valence electrons. The maximum Gasteiger partial charge on any atom is 0.261 e. The highest BCUT2D eigenvalue weighted by Gasteiger charge is 2.57. The van der Waals surface area contributed by atoms with E-state index in [0.717, 1.165) is 52.9 Å². The zero-order chi connectivity index (χ0) is 57.3. The van der Waals surface area contributed by atoms with Gasteiger partial charge in [0.1, 0.15) is 98.9 Å². The highest BCUT2D eigenvalue weighted by molar-refractivity contribution is 5.76. The topological polar surface area (TPSA) is 458 Å². The van der Waals surface area contributed by atoms with Gasteiger partial charge >= 0.3 is 0 Å². The molecule has 0 saturated carbocycles. The van der Waals surface area contributed by atoms with Gasteiger partial charge in [-0.05, 0) is 6.42 Å². The van der Waals surface area contributed by atoms with Gasteiger partial charge in [0.2, 0.25) is 5.91 Å². The lowest BCUT2D eigenvalue weighted by Crippen LogP contribution is -2.68. The van der Waals surface area contributed by atoms with Crippen LogP contribution in [0.15, 0.2) is 51.4 Å². The van der Waals surface area contributed by atoms with Crippen molar-refractivity contribution in [2.45, 2.75) is 240 Å². The van der Waals surface area contributed by atoms with Crippen LogP contribution in [0.25, 0.3) is 0 Å². The van der Waals surface area contributed by atoms with E-state index in [-0.39, 0.29) is 6.42 Å². The number of aliphatic hydroxyl groups is 6. The number of unbranched alkanes of at least 4 members (excludes halogenated alkanes) is 12. The summed E-state index contributed by atoms with van der Waals surface area (Å²) in [5.74, 6) is -3.26. The molecule has 20 unspecified atom stereocenters. The molecule has 0 aromatic carbocycles. The number of nitrogens with one attached hydrogen (secondary N) is 1. The van der Waals surface area contributed by atoms with Crippen LogP contribution in [0.4, 0.5) is 0 Å². The molecule has 4 amide bonds. The Labute approximate surface area is 448 Å². The van der Waals surface area contributed by atoms with Crippen LogP contribution in [0.3, 0.4) is 0 Å². The average molecular weight is 1120 g/mol. The number of nitrogens with zero attached hydrogens (tertiary/aromatic N) is 10. The first-order valence-electron chi connectivity index (χ1n) is 26.3. The highest BCUT2D eigenvalue weighted by Crippen LogP contribution is 2.38. The molecular formula is C46H75N11O21. The Balaban J connectivity index is 1.59. The van der Waals surface area contributed by atoms with Crippen molar-refractivity contribution < 1.29 is 83.0 Å². The summed E-state index contributed by atoms with van der Waals surface area (Å²) in [7, 11) is 0. The molecule has 0 aromatic heterocycles. The Bertz CT molecular complexity index is 2010. The second-order valence-corrected chi connectivity index (χ2v) is 19.4. The molecule has 7 N–H and O–H groups in total. The Morgan fingerprint density at radius 2 is 0.897 bits per heavy atom. The standard InChI is InChI=1S/C46H75N11O21/c1-5-6-7-8-9-10-11-12-13-14-15-16-17-18-30(62)50-34-37(64)36(63)26(19-47-68)73-45(34)77-41-28(21-49-70)75-46(35(39(41)66)56-53-25(4)61)76-40-27(20-48-69)74-44(32(31(40)57-71)54-51-23(2)59)78-42-29(22-58)72-43(67)33(38(42)65)55-52-24(3)60/h26-29,31-46,58,63-67H,5-22H2,1-4H3,(H,50,62). The fraction of sp³-hybridized carbons (Fsp3) is 0.913. The van der Waals surface area contributed by atoms with E-state index in [2.05, 4.69) is 63.6 Å². The number of hydrogen-bond acceptors (Lipinski definition) is 28. The first kappa shape index (κ1) is 65.7. The molecule has 0 bridgehead atoms. The number of rotatable bonds is 32. The molecular weight excluding hydrogens is 1040 g/mol. The minimum Gasteiger partial charge on any atom is -0.394 e. The highest BCUT2D eigenvalue weighted by atomic mass is 16.7. The quantitative estimate of drug-likeness (QED) is 0.0288. The third-order valence-corrected chi connectivity index (χ3v) is 13.4. The minimum atomic E-state index is -2.10. The van der Waals surface area contributed by atoms with Crippen molar-refractivity contribution in [3.05, 3.63) is 19.6 Å². The number of carbonyl (C=O) groups excluding carboxylic acids is 4. The van der Waals surface area contributed by atoms with Crippen molar-refractivity contribution in [2.75, 3.05) is 26.2 Å². The molecule has 4 saturated heterocycles. The van der Waals surface area contributed by atoms with Crippen LogP contribution >= 0.6 is 0 Å². The summed E-state index contributed by atoms with van der Waals surface area (Å²) in [4.78, 5) is 97.7. The van der Waals surface area contributed by atoms with Gasteiger partial charge in [-0.15, -0.1) is 15.3 Å². The first-order chi connectivity index (χ1) is 37.4. The van der Waals surface area contributed by atoms with E-state index in [1.165, 1.54) is 44.9 Å². The minimum absolute atomic E-state index is 0.00573. The second kappa shape index (κ2) is 34.3. The smallest absolute Gasteiger partial charge is 0.261 e. The van der Waals surface area contributed by atoms with Gasteiger partial charge in [0.15, 0.2) is 43.3 Å². The molecule has 0 aliphatic carbocycles. The molecule has 4 aliphatic rings. The number of nitroso groups, excluding NO2 is 4. The van der Waals surface area contributed by atoms with Crippen molar-refractivity contribution >= 4 is 23.6 Å². The van der Waals surface area contributed by atoms with Crippen LogP contribution in [-0.4, -0.2) is 203 Å². The van der Waals surface area contributed by atoms with Crippen molar-refractivity contribution in [1.82, 2.24) is 5.32 Å². The van der Waals surface area contributed by atoms with Gasteiger partial charge in [0.05, 0.1) is 6.61 Å². The monoisotopic (exact) mass is 1120 g/mol. The lowest BCUT2D eigenvalue weighted by molar-refractivity contribution is -0.345. The number of ether oxygens (including phenoxy) is 7. The molecule has 4 fully saturated rings.